The molecule has 1 aromatic heterocycles. The first kappa shape index (κ1) is 19.1. The van der Waals surface area contributed by atoms with Crippen LogP contribution in [0.3, 0.4) is 0 Å². The monoisotopic (exact) mass is 375 g/mol. The summed E-state index contributed by atoms with van der Waals surface area (Å²) in [6.45, 7) is 2.71. The molecule has 0 aliphatic heterocycles. The van der Waals surface area contributed by atoms with E-state index in [1.54, 1.807) is 30.3 Å². The van der Waals surface area contributed by atoms with E-state index in [4.69, 9.17) is 5.11 Å². The molecule has 28 heavy (non-hydrogen) atoms. The van der Waals surface area contributed by atoms with E-state index in [1.165, 1.54) is 5.56 Å². The fraction of sp³-hybridized carbons (Fsp3) is 0.136. The van der Waals surface area contributed by atoms with Crippen molar-refractivity contribution in [3.63, 3.8) is 0 Å². The van der Waals surface area contributed by atoms with Gasteiger partial charge >= 0.3 is 5.97 Å². The zero-order chi connectivity index (χ0) is 19.9. The van der Waals surface area contributed by atoms with Crippen molar-refractivity contribution in [1.29, 1.82) is 0 Å². The SMILES string of the molecule is Cc1ccccc1NCc1ccc(C(=O)Nc2cccc(CC(=O)O)n2)cc1. The van der Waals surface area contributed by atoms with Crippen molar-refractivity contribution in [3.8, 4) is 0 Å². The van der Waals surface area contributed by atoms with Gasteiger partial charge < -0.3 is 15.7 Å². The normalized spacial score (nSPS) is 10.3. The van der Waals surface area contributed by atoms with Gasteiger partial charge in [0.25, 0.3) is 5.91 Å². The highest BCUT2D eigenvalue weighted by atomic mass is 16.4. The first-order chi connectivity index (χ1) is 13.5. The maximum Gasteiger partial charge on any atom is 0.309 e. The first-order valence-electron chi connectivity index (χ1n) is 8.89. The summed E-state index contributed by atoms with van der Waals surface area (Å²) in [7, 11) is 0. The van der Waals surface area contributed by atoms with Gasteiger partial charge in [-0.05, 0) is 48.4 Å². The minimum absolute atomic E-state index is 0.188. The summed E-state index contributed by atoms with van der Waals surface area (Å²) in [5.41, 5.74) is 4.21. The highest BCUT2D eigenvalue weighted by molar-refractivity contribution is 6.03. The average molecular weight is 375 g/mol. The molecule has 2 aromatic carbocycles. The number of aliphatic carboxylic acids is 1. The second-order valence-corrected chi connectivity index (χ2v) is 6.40. The Kier molecular flexibility index (Phi) is 6.01. The molecule has 0 spiro atoms. The van der Waals surface area contributed by atoms with Gasteiger partial charge in [0.05, 0.1) is 12.1 Å². The molecule has 0 saturated heterocycles. The molecule has 6 heteroatoms. The van der Waals surface area contributed by atoms with E-state index in [-0.39, 0.29) is 12.3 Å². The van der Waals surface area contributed by atoms with Crippen molar-refractivity contribution in [1.82, 2.24) is 4.98 Å². The van der Waals surface area contributed by atoms with Gasteiger partial charge in [0, 0.05) is 17.8 Å². The molecule has 0 unspecified atom stereocenters. The first-order valence-corrected chi connectivity index (χ1v) is 8.89. The molecule has 0 aliphatic rings. The van der Waals surface area contributed by atoms with Gasteiger partial charge in [-0.2, -0.15) is 0 Å². The van der Waals surface area contributed by atoms with Gasteiger partial charge in [-0.25, -0.2) is 4.98 Å². The number of carbonyl (C=O) groups is 2. The fourth-order valence-corrected chi connectivity index (χ4v) is 2.73. The van der Waals surface area contributed by atoms with Crippen LogP contribution in [0.15, 0.2) is 66.7 Å². The summed E-state index contributed by atoms with van der Waals surface area (Å²) >= 11 is 0. The maximum atomic E-state index is 12.4. The van der Waals surface area contributed by atoms with E-state index in [0.29, 0.717) is 23.6 Å². The average Bonchev–Trinajstić information content (AvgIpc) is 2.67. The lowest BCUT2D eigenvalue weighted by atomic mass is 10.1. The summed E-state index contributed by atoms with van der Waals surface area (Å²) in [5, 5.41) is 14.9. The molecular formula is C22H21N3O3. The van der Waals surface area contributed by atoms with Crippen LogP contribution >= 0.6 is 0 Å². The number of aromatic nitrogens is 1. The van der Waals surface area contributed by atoms with Crippen molar-refractivity contribution < 1.29 is 14.7 Å². The summed E-state index contributed by atoms with van der Waals surface area (Å²) in [5.74, 6) is -0.932. The van der Waals surface area contributed by atoms with Gasteiger partial charge in [-0.3, -0.25) is 9.59 Å². The lowest BCUT2D eigenvalue weighted by Crippen LogP contribution is -2.14. The number of para-hydroxylation sites is 1. The quantitative estimate of drug-likeness (QED) is 0.583. The molecule has 1 amide bonds. The zero-order valence-electron chi connectivity index (χ0n) is 15.5. The van der Waals surface area contributed by atoms with E-state index in [9.17, 15) is 9.59 Å². The van der Waals surface area contributed by atoms with E-state index < -0.39 is 5.97 Å². The number of carboxylic acid groups (broad SMARTS) is 1. The molecular weight excluding hydrogens is 354 g/mol. The maximum absolute atomic E-state index is 12.4. The smallest absolute Gasteiger partial charge is 0.309 e. The molecule has 1 heterocycles. The minimum atomic E-state index is -0.967. The number of carboxylic acids is 1. The Labute approximate surface area is 163 Å². The number of nitrogens with one attached hydrogen (secondary N) is 2. The molecule has 0 saturated carbocycles. The number of rotatable bonds is 7. The largest absolute Gasteiger partial charge is 0.481 e. The lowest BCUT2D eigenvalue weighted by Gasteiger charge is -2.10. The summed E-state index contributed by atoms with van der Waals surface area (Å²) in [4.78, 5) is 27.3. The Hall–Kier alpha value is -3.67. The molecule has 0 bridgehead atoms. The van der Waals surface area contributed by atoms with Gasteiger partial charge in [0.15, 0.2) is 0 Å². The topological polar surface area (TPSA) is 91.3 Å². The second kappa shape index (κ2) is 8.81. The number of pyridine rings is 1. The third-order valence-corrected chi connectivity index (χ3v) is 4.22. The van der Waals surface area contributed by atoms with Crippen LogP contribution in [0.2, 0.25) is 0 Å². The Bertz CT molecular complexity index is 984. The Morgan fingerprint density at radius 2 is 1.71 bits per heavy atom. The Morgan fingerprint density at radius 1 is 0.964 bits per heavy atom. The fourth-order valence-electron chi connectivity index (χ4n) is 2.73. The summed E-state index contributed by atoms with van der Waals surface area (Å²) < 4.78 is 0. The Balaban J connectivity index is 1.61. The van der Waals surface area contributed by atoms with Gasteiger partial charge in [0.1, 0.15) is 5.82 Å². The van der Waals surface area contributed by atoms with Crippen molar-refractivity contribution in [2.75, 3.05) is 10.6 Å². The molecule has 0 aliphatic carbocycles. The van der Waals surface area contributed by atoms with Crippen molar-refractivity contribution in [3.05, 3.63) is 89.1 Å². The van der Waals surface area contributed by atoms with Gasteiger partial charge in [-0.15, -0.1) is 0 Å². The van der Waals surface area contributed by atoms with Crippen molar-refractivity contribution in [2.24, 2.45) is 0 Å². The van der Waals surface area contributed by atoms with Crippen LogP contribution in [-0.4, -0.2) is 22.0 Å². The van der Waals surface area contributed by atoms with E-state index >= 15 is 0 Å². The molecule has 0 atom stereocenters. The van der Waals surface area contributed by atoms with E-state index in [1.807, 2.05) is 30.3 Å². The van der Waals surface area contributed by atoms with Crippen molar-refractivity contribution >= 4 is 23.4 Å². The van der Waals surface area contributed by atoms with Crippen LogP contribution < -0.4 is 10.6 Å². The number of benzene rings is 2. The minimum Gasteiger partial charge on any atom is -0.481 e. The predicted octanol–water partition coefficient (Wildman–Crippen LogP) is 3.88. The summed E-state index contributed by atoms with van der Waals surface area (Å²) in [6, 6.07) is 20.3. The van der Waals surface area contributed by atoms with Crippen LogP contribution in [0.4, 0.5) is 11.5 Å². The highest BCUT2D eigenvalue weighted by Crippen LogP contribution is 2.15. The van der Waals surface area contributed by atoms with Crippen LogP contribution in [0, 0.1) is 6.92 Å². The third kappa shape index (κ3) is 5.17. The van der Waals surface area contributed by atoms with Crippen LogP contribution in [-0.2, 0) is 17.8 Å². The molecule has 6 nitrogen and oxygen atoms in total. The molecule has 0 fully saturated rings. The standard InChI is InChI=1S/C22H21N3O3/c1-15-5-2-3-7-19(15)23-14-16-9-11-17(12-10-16)22(28)25-20-8-4-6-18(24-20)13-21(26)27/h2-12,23H,13-14H2,1H3,(H,26,27)(H,24,25,28). The van der Waals surface area contributed by atoms with E-state index in [2.05, 4.69) is 28.6 Å². The number of amides is 1. The van der Waals surface area contributed by atoms with Crippen molar-refractivity contribution in [2.45, 2.75) is 19.9 Å². The Morgan fingerprint density at radius 3 is 2.43 bits per heavy atom. The predicted molar refractivity (Wildman–Crippen MR) is 108 cm³/mol. The number of hydrogen-bond acceptors (Lipinski definition) is 4. The highest BCUT2D eigenvalue weighted by Gasteiger charge is 2.09. The van der Waals surface area contributed by atoms with Crippen LogP contribution in [0.5, 0.6) is 0 Å². The number of carbonyl (C=O) groups excluding carboxylic acids is 1. The molecule has 3 aromatic rings. The van der Waals surface area contributed by atoms with Crippen LogP contribution in [0.1, 0.15) is 27.2 Å². The van der Waals surface area contributed by atoms with Crippen LogP contribution in [0.25, 0.3) is 0 Å². The molecule has 0 radical (unpaired) electrons. The lowest BCUT2D eigenvalue weighted by molar-refractivity contribution is -0.136. The van der Waals surface area contributed by atoms with Gasteiger partial charge in [-0.1, -0.05) is 36.4 Å². The second-order valence-electron chi connectivity index (χ2n) is 6.40. The molecule has 142 valence electrons. The zero-order valence-corrected chi connectivity index (χ0v) is 15.5. The summed E-state index contributed by atoms with van der Waals surface area (Å²) in [6.07, 6.45) is -0.188. The number of aryl methyl sites for hydroxylation is 1. The number of hydrogen-bond donors (Lipinski definition) is 3. The molecule has 3 N–H and O–H groups in total. The van der Waals surface area contributed by atoms with E-state index in [0.717, 1.165) is 11.3 Å². The molecule has 3 rings (SSSR count). The number of nitrogens with zero attached hydrogens (tertiary/aromatic N) is 1. The third-order valence-electron chi connectivity index (χ3n) is 4.22. The van der Waals surface area contributed by atoms with Gasteiger partial charge in [0.2, 0.25) is 0 Å². The number of anilines is 2.